The maximum atomic E-state index is 14.5. The van der Waals surface area contributed by atoms with Crippen molar-refractivity contribution in [1.82, 2.24) is 0 Å². The van der Waals surface area contributed by atoms with Crippen LogP contribution in [0.2, 0.25) is 0 Å². The Morgan fingerprint density at radius 2 is 1.49 bits per heavy atom. The number of rotatable bonds is 15. The van der Waals surface area contributed by atoms with Crippen LogP contribution < -0.4 is 10.1 Å². The van der Waals surface area contributed by atoms with Crippen molar-refractivity contribution in [3.63, 3.8) is 0 Å². The number of benzene rings is 2. The molecule has 6 N–H and O–H groups in total. The van der Waals surface area contributed by atoms with E-state index >= 15 is 0 Å². The first-order valence-corrected chi connectivity index (χ1v) is 23.1. The maximum absolute atomic E-state index is 14.5. The van der Waals surface area contributed by atoms with Gasteiger partial charge in [0.05, 0.1) is 53.0 Å². The van der Waals surface area contributed by atoms with Gasteiger partial charge in [0.25, 0.3) is 11.7 Å². The van der Waals surface area contributed by atoms with Crippen molar-refractivity contribution in [2.75, 3.05) is 19.0 Å². The van der Waals surface area contributed by atoms with Crippen molar-refractivity contribution in [1.29, 1.82) is 0 Å². The summed E-state index contributed by atoms with van der Waals surface area (Å²) in [6, 6.07) is 0. The minimum atomic E-state index is -2.06. The SMILES string of the molecule is CCCCCCCCCCCCO/N=C/c1c2c(O)c3c(O)c(C)c4c(c3c1O)C(=O)C(C)(O/C=C/C(OC)C(C)C(OC(C)=O)C(C)C(O)C(C)C(O)C(C)/C=C/C=C(/C)C(=O)N2)O4. The third-order valence-electron chi connectivity index (χ3n) is 12.9. The molecule has 0 fully saturated rings. The molecule has 0 aromatic heterocycles. The number of nitrogens with zero attached hydrogens (tertiary/aromatic N) is 1. The Morgan fingerprint density at radius 1 is 0.862 bits per heavy atom. The standard InChI is InChI=1S/C50H72N2O13/c1-11-12-13-14-15-16-17-18-19-20-25-63-51-27-35-40-45(58)38-37(44(35)57)39-47(33(7)43(38)56)65-50(9,48(39)59)62-26-24-36(61-10)30(4)46(64-34(8)53)32(6)42(55)31(5)41(54)28(2)22-21-23-29(3)49(60)52-40/h21-24,26-28,30-32,36,41-42,46,54-58H,11-20,25H2,1-10H3,(H,52,60)/b22-21+,26-24+,29-23-,51-27+. The number of methoxy groups -OCH3 is 1. The largest absolute Gasteiger partial charge is 0.507 e. The highest BCUT2D eigenvalue weighted by atomic mass is 16.7. The number of anilines is 1. The first kappa shape index (κ1) is 52.5. The van der Waals surface area contributed by atoms with Gasteiger partial charge in [-0.1, -0.05) is 109 Å². The van der Waals surface area contributed by atoms with Crippen LogP contribution in [-0.4, -0.2) is 93.3 Å². The van der Waals surface area contributed by atoms with Crippen molar-refractivity contribution in [2.24, 2.45) is 28.8 Å². The van der Waals surface area contributed by atoms with Gasteiger partial charge in [-0.15, -0.1) is 0 Å². The zero-order valence-electron chi connectivity index (χ0n) is 39.8. The number of carbonyl (C=O) groups is 3. The molecule has 15 heteroatoms. The Kier molecular flexibility index (Phi) is 19.3. The van der Waals surface area contributed by atoms with Crippen LogP contribution in [-0.2, 0) is 28.6 Å². The first-order chi connectivity index (χ1) is 30.8. The molecular weight excluding hydrogens is 837 g/mol. The third kappa shape index (κ3) is 12.4. The molecule has 360 valence electrons. The summed E-state index contributed by atoms with van der Waals surface area (Å²) in [5.41, 5.74) is -0.526. The summed E-state index contributed by atoms with van der Waals surface area (Å²) >= 11 is 0. The molecule has 0 saturated carbocycles. The van der Waals surface area contributed by atoms with Gasteiger partial charge < -0.3 is 54.6 Å². The minimum Gasteiger partial charge on any atom is -0.507 e. The molecule has 0 saturated heterocycles. The second-order valence-electron chi connectivity index (χ2n) is 17.9. The number of unbranched alkanes of at least 4 members (excludes halogenated alkanes) is 9. The van der Waals surface area contributed by atoms with Gasteiger partial charge >= 0.3 is 11.8 Å². The molecule has 0 radical (unpaired) electrons. The summed E-state index contributed by atoms with van der Waals surface area (Å²) in [6.45, 7) is 15.0. The molecule has 5 bridgehead atoms. The van der Waals surface area contributed by atoms with E-state index in [9.17, 15) is 39.9 Å². The van der Waals surface area contributed by atoms with Gasteiger partial charge in [-0.3, -0.25) is 14.4 Å². The van der Waals surface area contributed by atoms with Gasteiger partial charge in [-0.25, -0.2) is 0 Å². The van der Waals surface area contributed by atoms with Crippen LogP contribution in [0, 0.1) is 30.6 Å². The molecule has 3 heterocycles. The number of amides is 1. The van der Waals surface area contributed by atoms with E-state index in [0.717, 1.165) is 31.9 Å². The lowest BCUT2D eigenvalue weighted by Gasteiger charge is -2.38. The zero-order valence-corrected chi connectivity index (χ0v) is 39.8. The number of Topliss-reactive ketones (excluding diaryl/α,β-unsaturated/α-hetero) is 1. The number of phenols is 3. The highest BCUT2D eigenvalue weighted by Gasteiger charge is 2.50. The quantitative estimate of drug-likeness (QED) is 0.0245. The summed E-state index contributed by atoms with van der Waals surface area (Å²) in [5.74, 6) is -8.53. The fourth-order valence-corrected chi connectivity index (χ4v) is 8.67. The topological polar surface area (TPSA) is 223 Å². The molecule has 2 aromatic carbocycles. The molecular formula is C50H72N2O13. The number of carbonyl (C=O) groups excluding carboxylic acids is 3. The normalized spacial score (nSPS) is 28.4. The van der Waals surface area contributed by atoms with Gasteiger partial charge in [-0.05, 0) is 32.8 Å². The van der Waals surface area contributed by atoms with Crippen molar-refractivity contribution in [3.05, 3.63) is 52.8 Å². The van der Waals surface area contributed by atoms with Crippen LogP contribution in [0.4, 0.5) is 5.69 Å². The van der Waals surface area contributed by atoms with Crippen LogP contribution in [0.5, 0.6) is 23.0 Å². The predicted molar refractivity (Wildman–Crippen MR) is 249 cm³/mol. The Balaban J connectivity index is 1.80. The molecule has 1 amide bonds. The fraction of sp³-hybridized carbons (Fsp3) is 0.600. The molecule has 9 unspecified atom stereocenters. The number of aliphatic hydroxyl groups is 2. The molecule has 5 rings (SSSR count). The highest BCUT2D eigenvalue weighted by molar-refractivity contribution is 6.23. The lowest BCUT2D eigenvalue weighted by molar-refractivity contribution is -0.160. The Morgan fingerprint density at radius 3 is 2.11 bits per heavy atom. The number of aliphatic hydroxyl groups excluding tert-OH is 2. The molecule has 3 aliphatic rings. The van der Waals surface area contributed by atoms with Gasteiger partial charge in [-0.2, -0.15) is 0 Å². The van der Waals surface area contributed by atoms with E-state index in [4.69, 9.17) is 23.8 Å². The number of oxime groups is 1. The van der Waals surface area contributed by atoms with E-state index in [0.29, 0.717) is 0 Å². The number of allylic oxidation sites excluding steroid dienone is 2. The Hall–Kier alpha value is -5.12. The number of phenolic OH excluding ortho intramolecular Hbond substituents is 3. The summed E-state index contributed by atoms with van der Waals surface area (Å²) in [4.78, 5) is 46.2. The Bertz CT molecular complexity index is 2110. The number of hydrogen-bond acceptors (Lipinski definition) is 14. The van der Waals surface area contributed by atoms with Crippen LogP contribution in [0.1, 0.15) is 141 Å². The van der Waals surface area contributed by atoms with Gasteiger partial charge in [0.15, 0.2) is 5.75 Å². The number of ketones is 1. The lowest BCUT2D eigenvalue weighted by Crippen LogP contribution is -2.46. The maximum Gasteiger partial charge on any atom is 0.312 e. The van der Waals surface area contributed by atoms with Crippen LogP contribution in [0.25, 0.3) is 10.8 Å². The number of hydrogen-bond donors (Lipinski definition) is 6. The molecule has 15 nitrogen and oxygen atoms in total. The molecule has 3 aliphatic heterocycles. The lowest BCUT2D eigenvalue weighted by atomic mass is 9.78. The van der Waals surface area contributed by atoms with Crippen molar-refractivity contribution in [2.45, 2.75) is 157 Å². The number of aromatic hydroxyl groups is 3. The summed E-state index contributed by atoms with van der Waals surface area (Å²) < 4.78 is 23.6. The monoisotopic (exact) mass is 909 g/mol. The van der Waals surface area contributed by atoms with Crippen LogP contribution in [0.3, 0.4) is 0 Å². The average Bonchev–Trinajstić information content (AvgIpc) is 3.54. The van der Waals surface area contributed by atoms with E-state index in [1.807, 2.05) is 0 Å². The first-order valence-electron chi connectivity index (χ1n) is 23.1. The van der Waals surface area contributed by atoms with Crippen LogP contribution >= 0.6 is 0 Å². The third-order valence-corrected chi connectivity index (χ3v) is 12.9. The summed E-state index contributed by atoms with van der Waals surface area (Å²) in [7, 11) is 1.44. The summed E-state index contributed by atoms with van der Waals surface area (Å²) in [5, 5.41) is 64.6. The average molecular weight is 909 g/mol. The van der Waals surface area contributed by atoms with Gasteiger partial charge in [0, 0.05) is 61.2 Å². The van der Waals surface area contributed by atoms with E-state index in [1.54, 1.807) is 39.8 Å². The Labute approximate surface area is 383 Å². The zero-order chi connectivity index (χ0) is 48.2. The smallest absolute Gasteiger partial charge is 0.312 e. The number of fused-ring (bicyclic) bond motifs is 14. The van der Waals surface area contributed by atoms with E-state index in [1.165, 1.54) is 91.7 Å². The highest BCUT2D eigenvalue weighted by Crippen LogP contribution is 2.55. The van der Waals surface area contributed by atoms with Gasteiger partial charge in [0.1, 0.15) is 30.0 Å². The van der Waals surface area contributed by atoms with Crippen molar-refractivity contribution in [3.8, 4) is 23.0 Å². The van der Waals surface area contributed by atoms with E-state index in [-0.39, 0.29) is 51.1 Å². The van der Waals surface area contributed by atoms with Crippen molar-refractivity contribution < 1.29 is 63.7 Å². The number of nitrogens with one attached hydrogen (secondary N) is 1. The van der Waals surface area contributed by atoms with Gasteiger partial charge in [0.2, 0.25) is 0 Å². The minimum absolute atomic E-state index is 0.0443. The second kappa shape index (κ2) is 23.9. The van der Waals surface area contributed by atoms with Crippen LogP contribution in [0.15, 0.2) is 41.3 Å². The molecule has 0 spiro atoms. The fourth-order valence-electron chi connectivity index (χ4n) is 8.67. The predicted octanol–water partition coefficient (Wildman–Crippen LogP) is 9.03. The molecule has 0 aliphatic carbocycles. The van der Waals surface area contributed by atoms with E-state index < -0.39 is 88.8 Å². The second-order valence-corrected chi connectivity index (χ2v) is 17.9. The number of ether oxygens (including phenoxy) is 4. The molecule has 2 aromatic rings. The molecule has 9 atom stereocenters. The van der Waals surface area contributed by atoms with E-state index in [2.05, 4.69) is 17.4 Å². The number of esters is 1. The summed E-state index contributed by atoms with van der Waals surface area (Å²) in [6.07, 6.45) is 16.0. The van der Waals surface area contributed by atoms with Crippen molar-refractivity contribution >= 4 is 40.3 Å². The molecule has 65 heavy (non-hydrogen) atoms.